The van der Waals surface area contributed by atoms with Crippen LogP contribution in [-0.2, 0) is 6.54 Å². The fraction of sp³-hybridized carbons (Fsp3) is 0.0833. The number of nitriles is 1. The molecule has 3 aromatic rings. The zero-order valence-corrected chi connectivity index (χ0v) is 10.2. The summed E-state index contributed by atoms with van der Waals surface area (Å²) in [5.41, 5.74) is 6.47. The third-order valence-electron chi connectivity index (χ3n) is 2.66. The van der Waals surface area contributed by atoms with Gasteiger partial charge in [0.05, 0.1) is 11.9 Å². The molecular weight excluding hydrogens is 246 g/mol. The van der Waals surface area contributed by atoms with Gasteiger partial charge in [0.1, 0.15) is 22.4 Å². The predicted molar refractivity (Wildman–Crippen MR) is 70.1 cm³/mol. The fourth-order valence-corrected chi connectivity index (χ4v) is 2.59. The molecule has 3 aromatic heterocycles. The Morgan fingerprint density at radius 2 is 2.28 bits per heavy atom. The summed E-state index contributed by atoms with van der Waals surface area (Å²) in [5, 5.41) is 11.8. The highest BCUT2D eigenvalue weighted by Gasteiger charge is 2.08. The van der Waals surface area contributed by atoms with Crippen LogP contribution in [0.25, 0.3) is 10.2 Å². The Kier molecular flexibility index (Phi) is 2.46. The van der Waals surface area contributed by atoms with Gasteiger partial charge in [0.25, 0.3) is 0 Å². The highest BCUT2D eigenvalue weighted by atomic mass is 32.1. The summed E-state index contributed by atoms with van der Waals surface area (Å²) < 4.78 is 1.80. The quantitative estimate of drug-likeness (QED) is 0.759. The number of fused-ring (bicyclic) bond motifs is 1. The molecule has 0 radical (unpaired) electrons. The number of nitrogens with zero attached hydrogens (tertiary/aromatic N) is 4. The van der Waals surface area contributed by atoms with E-state index in [2.05, 4.69) is 16.0 Å². The maximum atomic E-state index is 8.94. The Hall–Kier alpha value is -2.39. The standard InChI is InChI=1S/C12H9N5S/c13-6-8-2-1-4-17(8)7-10-15-11(14)9-3-5-18-12(9)16-10/h1-5H,7H2,(H2,14,15,16). The molecule has 5 nitrogen and oxygen atoms in total. The zero-order chi connectivity index (χ0) is 12.5. The topological polar surface area (TPSA) is 80.5 Å². The van der Waals surface area contributed by atoms with Crippen LogP contribution in [0.1, 0.15) is 11.5 Å². The Labute approximate surface area is 107 Å². The summed E-state index contributed by atoms with van der Waals surface area (Å²) in [4.78, 5) is 9.59. The SMILES string of the molecule is N#Cc1cccn1Cc1nc(N)c2ccsc2n1. The molecule has 18 heavy (non-hydrogen) atoms. The second kappa shape index (κ2) is 4.13. The van der Waals surface area contributed by atoms with Gasteiger partial charge in [0, 0.05) is 6.20 Å². The van der Waals surface area contributed by atoms with E-state index in [1.165, 1.54) is 11.3 Å². The number of anilines is 1. The van der Waals surface area contributed by atoms with E-state index >= 15 is 0 Å². The van der Waals surface area contributed by atoms with Crippen molar-refractivity contribution in [2.24, 2.45) is 0 Å². The van der Waals surface area contributed by atoms with Gasteiger partial charge in [-0.3, -0.25) is 0 Å². The van der Waals surface area contributed by atoms with Gasteiger partial charge in [-0.25, -0.2) is 9.97 Å². The van der Waals surface area contributed by atoms with Gasteiger partial charge in [-0.05, 0) is 23.6 Å². The molecule has 0 atom stereocenters. The largest absolute Gasteiger partial charge is 0.383 e. The second-order valence-corrected chi connectivity index (χ2v) is 4.69. The molecule has 0 spiro atoms. The maximum Gasteiger partial charge on any atom is 0.152 e. The Morgan fingerprint density at radius 1 is 1.39 bits per heavy atom. The van der Waals surface area contributed by atoms with Crippen LogP contribution in [0.3, 0.4) is 0 Å². The van der Waals surface area contributed by atoms with Crippen molar-refractivity contribution in [2.75, 3.05) is 5.73 Å². The minimum absolute atomic E-state index is 0.452. The zero-order valence-electron chi connectivity index (χ0n) is 9.37. The number of hydrogen-bond acceptors (Lipinski definition) is 5. The lowest BCUT2D eigenvalue weighted by Gasteiger charge is -2.05. The molecule has 0 aromatic carbocycles. The van der Waals surface area contributed by atoms with E-state index in [1.54, 1.807) is 10.6 Å². The average Bonchev–Trinajstić information content (AvgIpc) is 2.97. The van der Waals surface area contributed by atoms with Crippen LogP contribution in [0.4, 0.5) is 5.82 Å². The number of aromatic nitrogens is 3. The molecule has 3 rings (SSSR count). The highest BCUT2D eigenvalue weighted by Crippen LogP contribution is 2.23. The van der Waals surface area contributed by atoms with E-state index in [1.807, 2.05) is 23.7 Å². The smallest absolute Gasteiger partial charge is 0.152 e. The second-order valence-electron chi connectivity index (χ2n) is 3.80. The number of nitrogens with two attached hydrogens (primary N) is 1. The number of nitrogen functional groups attached to an aromatic ring is 1. The van der Waals surface area contributed by atoms with Gasteiger partial charge in [0.15, 0.2) is 5.82 Å². The first-order chi connectivity index (χ1) is 8.78. The average molecular weight is 255 g/mol. The summed E-state index contributed by atoms with van der Waals surface area (Å²) in [6.45, 7) is 0.452. The van der Waals surface area contributed by atoms with Gasteiger partial charge in [-0.15, -0.1) is 11.3 Å². The number of hydrogen-bond donors (Lipinski definition) is 1. The van der Waals surface area contributed by atoms with Crippen LogP contribution in [0.15, 0.2) is 29.8 Å². The number of thiophene rings is 1. The van der Waals surface area contributed by atoms with Crippen LogP contribution < -0.4 is 5.73 Å². The summed E-state index contributed by atoms with van der Waals surface area (Å²) in [6, 6.07) is 7.62. The van der Waals surface area contributed by atoms with Gasteiger partial charge < -0.3 is 10.3 Å². The molecular formula is C12H9N5S. The molecule has 0 saturated carbocycles. The van der Waals surface area contributed by atoms with E-state index in [0.717, 1.165) is 10.2 Å². The van der Waals surface area contributed by atoms with Crippen molar-refractivity contribution in [1.29, 1.82) is 5.26 Å². The van der Waals surface area contributed by atoms with Crippen LogP contribution >= 0.6 is 11.3 Å². The molecule has 0 fully saturated rings. The first-order valence-corrected chi connectivity index (χ1v) is 6.21. The van der Waals surface area contributed by atoms with E-state index in [4.69, 9.17) is 11.0 Å². The molecule has 0 saturated heterocycles. The first-order valence-electron chi connectivity index (χ1n) is 5.33. The Morgan fingerprint density at radius 3 is 3.11 bits per heavy atom. The molecule has 0 aliphatic rings. The molecule has 2 N–H and O–H groups in total. The Balaban J connectivity index is 2.03. The van der Waals surface area contributed by atoms with Crippen molar-refractivity contribution in [3.8, 4) is 6.07 Å². The van der Waals surface area contributed by atoms with E-state index in [9.17, 15) is 0 Å². The van der Waals surface area contributed by atoms with Crippen molar-refractivity contribution >= 4 is 27.4 Å². The third-order valence-corrected chi connectivity index (χ3v) is 3.46. The van der Waals surface area contributed by atoms with E-state index in [-0.39, 0.29) is 0 Å². The summed E-state index contributed by atoms with van der Waals surface area (Å²) in [5.74, 6) is 1.11. The summed E-state index contributed by atoms with van der Waals surface area (Å²) >= 11 is 1.53. The van der Waals surface area contributed by atoms with Crippen LogP contribution in [0.2, 0.25) is 0 Å². The van der Waals surface area contributed by atoms with Crippen molar-refractivity contribution in [1.82, 2.24) is 14.5 Å². The molecule has 88 valence electrons. The summed E-state index contributed by atoms with van der Waals surface area (Å²) in [7, 11) is 0. The highest BCUT2D eigenvalue weighted by molar-refractivity contribution is 7.16. The molecule has 0 amide bonds. The molecule has 0 aliphatic heterocycles. The first kappa shape index (κ1) is 10.7. The van der Waals surface area contributed by atoms with Crippen molar-refractivity contribution in [3.63, 3.8) is 0 Å². The van der Waals surface area contributed by atoms with Gasteiger partial charge in [-0.1, -0.05) is 0 Å². The van der Waals surface area contributed by atoms with Crippen LogP contribution in [-0.4, -0.2) is 14.5 Å². The monoisotopic (exact) mass is 255 g/mol. The number of rotatable bonds is 2. The predicted octanol–water partition coefficient (Wildman–Crippen LogP) is 1.99. The lowest BCUT2D eigenvalue weighted by atomic mass is 10.4. The van der Waals surface area contributed by atoms with Crippen LogP contribution in [0.5, 0.6) is 0 Å². The van der Waals surface area contributed by atoms with Crippen molar-refractivity contribution in [2.45, 2.75) is 6.54 Å². The summed E-state index contributed by atoms with van der Waals surface area (Å²) in [6.07, 6.45) is 1.83. The van der Waals surface area contributed by atoms with Gasteiger partial charge >= 0.3 is 0 Å². The molecule has 0 bridgehead atoms. The lowest BCUT2D eigenvalue weighted by molar-refractivity contribution is 0.747. The molecule has 6 heteroatoms. The van der Waals surface area contributed by atoms with E-state index < -0.39 is 0 Å². The van der Waals surface area contributed by atoms with Crippen molar-refractivity contribution < 1.29 is 0 Å². The van der Waals surface area contributed by atoms with E-state index in [0.29, 0.717) is 23.9 Å². The van der Waals surface area contributed by atoms with Gasteiger partial charge in [-0.2, -0.15) is 5.26 Å². The molecule has 3 heterocycles. The fourth-order valence-electron chi connectivity index (χ4n) is 1.80. The minimum atomic E-state index is 0.452. The normalized spacial score (nSPS) is 10.6. The lowest BCUT2D eigenvalue weighted by Crippen LogP contribution is -2.06. The van der Waals surface area contributed by atoms with Crippen LogP contribution in [0, 0.1) is 11.3 Å². The Bertz CT molecular complexity index is 749. The molecule has 0 unspecified atom stereocenters. The van der Waals surface area contributed by atoms with Crippen molar-refractivity contribution in [3.05, 3.63) is 41.3 Å². The third kappa shape index (κ3) is 1.71. The van der Waals surface area contributed by atoms with Gasteiger partial charge in [0.2, 0.25) is 0 Å². The molecule has 0 aliphatic carbocycles. The maximum absolute atomic E-state index is 8.94. The minimum Gasteiger partial charge on any atom is -0.383 e.